The Hall–Kier alpha value is -1.72. The first-order valence-electron chi connectivity index (χ1n) is 8.73. The van der Waals surface area contributed by atoms with Crippen LogP contribution in [0.25, 0.3) is 10.9 Å². The summed E-state index contributed by atoms with van der Waals surface area (Å²) in [5.74, 6) is 0.738. The van der Waals surface area contributed by atoms with Crippen LogP contribution in [0.3, 0.4) is 0 Å². The molecule has 1 saturated heterocycles. The predicted octanol–water partition coefficient (Wildman–Crippen LogP) is 3.24. The molecule has 24 heavy (non-hydrogen) atoms. The average Bonchev–Trinajstić information content (AvgIpc) is 2.56. The number of aryl methyl sites for hydroxylation is 1. The van der Waals surface area contributed by atoms with Gasteiger partial charge in [0.1, 0.15) is 0 Å². The van der Waals surface area contributed by atoms with E-state index in [4.69, 9.17) is 4.74 Å². The van der Waals surface area contributed by atoms with Crippen LogP contribution in [0.5, 0.6) is 0 Å². The zero-order valence-corrected chi connectivity index (χ0v) is 15.2. The second-order valence-corrected chi connectivity index (χ2v) is 7.41. The number of fused-ring (bicyclic) bond motifs is 1. The van der Waals surface area contributed by atoms with Crippen molar-refractivity contribution in [1.29, 1.82) is 0 Å². The quantitative estimate of drug-likeness (QED) is 0.913. The van der Waals surface area contributed by atoms with Gasteiger partial charge in [-0.15, -0.1) is 0 Å². The maximum absolute atomic E-state index is 5.53. The lowest BCUT2D eigenvalue weighted by Gasteiger charge is -2.36. The molecule has 0 saturated carbocycles. The molecule has 0 aliphatic carbocycles. The first kappa shape index (κ1) is 17.1. The Morgan fingerprint density at radius 3 is 2.75 bits per heavy atom. The highest BCUT2D eigenvalue weighted by Gasteiger charge is 2.25. The van der Waals surface area contributed by atoms with E-state index < -0.39 is 0 Å². The number of nitrogens with zero attached hydrogens (tertiary/aromatic N) is 3. The van der Waals surface area contributed by atoms with E-state index >= 15 is 0 Å². The van der Waals surface area contributed by atoms with Gasteiger partial charge in [-0.05, 0) is 45.7 Å². The maximum atomic E-state index is 5.53. The van der Waals surface area contributed by atoms with E-state index in [0.717, 1.165) is 49.3 Å². The molecular weight excluding hydrogens is 300 g/mol. The SMILES string of the molecule is COC(C)(C)CN1CCC(Nc2ncc3cc(C)ccc3n2)CC1. The van der Waals surface area contributed by atoms with Crippen molar-refractivity contribution >= 4 is 16.9 Å². The highest BCUT2D eigenvalue weighted by Crippen LogP contribution is 2.19. The van der Waals surface area contributed by atoms with Crippen LogP contribution in [0.1, 0.15) is 32.3 Å². The van der Waals surface area contributed by atoms with Crippen molar-refractivity contribution < 1.29 is 4.74 Å². The van der Waals surface area contributed by atoms with Crippen molar-refractivity contribution in [2.45, 2.75) is 45.3 Å². The molecular formula is C19H28N4O. The minimum atomic E-state index is -0.0835. The van der Waals surface area contributed by atoms with Crippen molar-refractivity contribution in [2.75, 3.05) is 32.1 Å². The lowest BCUT2D eigenvalue weighted by molar-refractivity contribution is -0.0119. The molecule has 1 aliphatic heterocycles. The van der Waals surface area contributed by atoms with Crippen LogP contribution >= 0.6 is 0 Å². The van der Waals surface area contributed by atoms with Crippen LogP contribution in [0.15, 0.2) is 24.4 Å². The van der Waals surface area contributed by atoms with E-state index in [9.17, 15) is 0 Å². The monoisotopic (exact) mass is 328 g/mol. The number of ether oxygens (including phenoxy) is 1. The third kappa shape index (κ3) is 4.22. The fourth-order valence-electron chi connectivity index (χ4n) is 3.24. The van der Waals surface area contributed by atoms with Gasteiger partial charge >= 0.3 is 0 Å². The van der Waals surface area contributed by atoms with E-state index in [1.54, 1.807) is 7.11 Å². The summed E-state index contributed by atoms with van der Waals surface area (Å²) in [5.41, 5.74) is 2.15. The fourth-order valence-corrected chi connectivity index (χ4v) is 3.24. The summed E-state index contributed by atoms with van der Waals surface area (Å²) in [6.45, 7) is 9.50. The topological polar surface area (TPSA) is 50.3 Å². The second-order valence-electron chi connectivity index (χ2n) is 7.41. The third-order valence-corrected chi connectivity index (χ3v) is 4.81. The molecule has 1 aromatic carbocycles. The molecule has 130 valence electrons. The van der Waals surface area contributed by atoms with Crippen LogP contribution in [0.4, 0.5) is 5.95 Å². The van der Waals surface area contributed by atoms with E-state index in [2.05, 4.69) is 59.2 Å². The van der Waals surface area contributed by atoms with Crippen LogP contribution in [0.2, 0.25) is 0 Å². The Kier molecular flexibility index (Phi) is 5.01. The molecule has 1 fully saturated rings. The Balaban J connectivity index is 1.57. The van der Waals surface area contributed by atoms with Gasteiger partial charge in [0.25, 0.3) is 0 Å². The molecule has 5 heteroatoms. The van der Waals surface area contributed by atoms with E-state index in [1.165, 1.54) is 5.56 Å². The minimum absolute atomic E-state index is 0.0835. The van der Waals surface area contributed by atoms with Crippen LogP contribution in [-0.4, -0.2) is 53.3 Å². The van der Waals surface area contributed by atoms with Gasteiger partial charge in [-0.2, -0.15) is 0 Å². The number of likely N-dealkylation sites (tertiary alicyclic amines) is 1. The van der Waals surface area contributed by atoms with Gasteiger partial charge in [-0.25, -0.2) is 9.97 Å². The fraction of sp³-hybridized carbons (Fsp3) is 0.579. The van der Waals surface area contributed by atoms with Gasteiger partial charge < -0.3 is 15.0 Å². The van der Waals surface area contributed by atoms with Gasteiger partial charge in [0.05, 0.1) is 11.1 Å². The summed E-state index contributed by atoms with van der Waals surface area (Å²) < 4.78 is 5.53. The first-order valence-corrected chi connectivity index (χ1v) is 8.73. The number of hydrogen-bond acceptors (Lipinski definition) is 5. The number of benzene rings is 1. The first-order chi connectivity index (χ1) is 11.4. The van der Waals surface area contributed by atoms with Gasteiger partial charge in [0.2, 0.25) is 5.95 Å². The van der Waals surface area contributed by atoms with Crippen molar-refractivity contribution in [2.24, 2.45) is 0 Å². The molecule has 2 heterocycles. The molecule has 0 bridgehead atoms. The number of anilines is 1. The molecule has 1 aromatic heterocycles. The van der Waals surface area contributed by atoms with Gasteiger partial charge in [0, 0.05) is 44.4 Å². The molecule has 0 unspecified atom stereocenters. The molecule has 3 rings (SSSR count). The molecule has 1 N–H and O–H groups in total. The third-order valence-electron chi connectivity index (χ3n) is 4.81. The highest BCUT2D eigenvalue weighted by molar-refractivity contribution is 5.79. The normalized spacial score (nSPS) is 17.3. The zero-order chi connectivity index (χ0) is 17.2. The van der Waals surface area contributed by atoms with Crippen molar-refractivity contribution in [1.82, 2.24) is 14.9 Å². The zero-order valence-electron chi connectivity index (χ0n) is 15.2. The Bertz CT molecular complexity index is 693. The number of aromatic nitrogens is 2. The van der Waals surface area contributed by atoms with Crippen LogP contribution < -0.4 is 5.32 Å². The number of nitrogens with one attached hydrogen (secondary N) is 1. The van der Waals surface area contributed by atoms with E-state index in [0.29, 0.717) is 6.04 Å². The molecule has 0 atom stereocenters. The van der Waals surface area contributed by atoms with Gasteiger partial charge in [0.15, 0.2) is 0 Å². The van der Waals surface area contributed by atoms with Crippen LogP contribution in [0, 0.1) is 6.92 Å². The Morgan fingerprint density at radius 1 is 1.29 bits per heavy atom. The van der Waals surface area contributed by atoms with Crippen molar-refractivity contribution in [3.05, 3.63) is 30.0 Å². The van der Waals surface area contributed by atoms with Crippen molar-refractivity contribution in [3.63, 3.8) is 0 Å². The largest absolute Gasteiger partial charge is 0.377 e. The maximum Gasteiger partial charge on any atom is 0.223 e. The minimum Gasteiger partial charge on any atom is -0.377 e. The summed E-state index contributed by atoms with van der Waals surface area (Å²) >= 11 is 0. The Morgan fingerprint density at radius 2 is 2.04 bits per heavy atom. The summed E-state index contributed by atoms with van der Waals surface area (Å²) in [7, 11) is 1.78. The predicted molar refractivity (Wildman–Crippen MR) is 98.4 cm³/mol. The summed E-state index contributed by atoms with van der Waals surface area (Å²) in [5, 5.41) is 4.60. The Labute approximate surface area is 144 Å². The molecule has 5 nitrogen and oxygen atoms in total. The number of methoxy groups -OCH3 is 1. The van der Waals surface area contributed by atoms with Crippen molar-refractivity contribution in [3.8, 4) is 0 Å². The number of rotatable bonds is 5. The highest BCUT2D eigenvalue weighted by atomic mass is 16.5. The standard InChI is InChI=1S/C19H28N4O/c1-14-5-6-17-15(11-14)12-20-18(22-17)21-16-7-9-23(10-8-16)13-19(2,3)24-4/h5-6,11-12,16H,7-10,13H2,1-4H3,(H,20,21,22). The second kappa shape index (κ2) is 7.03. The molecule has 1 aliphatic rings. The van der Waals surface area contributed by atoms with E-state index in [1.807, 2.05) is 6.20 Å². The van der Waals surface area contributed by atoms with Gasteiger partial charge in [-0.1, -0.05) is 11.6 Å². The summed E-state index contributed by atoms with van der Waals surface area (Å²) in [6.07, 6.45) is 4.12. The van der Waals surface area contributed by atoms with Gasteiger partial charge in [-0.3, -0.25) is 0 Å². The summed E-state index contributed by atoms with van der Waals surface area (Å²) in [6, 6.07) is 6.71. The molecule has 0 spiro atoms. The smallest absolute Gasteiger partial charge is 0.223 e. The molecule has 2 aromatic rings. The molecule has 0 amide bonds. The number of piperidine rings is 1. The average molecular weight is 328 g/mol. The van der Waals surface area contributed by atoms with E-state index in [-0.39, 0.29) is 5.60 Å². The van der Waals surface area contributed by atoms with Crippen LogP contribution in [-0.2, 0) is 4.74 Å². The summed E-state index contributed by atoms with van der Waals surface area (Å²) in [4.78, 5) is 11.6. The lowest BCUT2D eigenvalue weighted by atomic mass is 10.0. The molecule has 0 radical (unpaired) electrons. The number of hydrogen-bond donors (Lipinski definition) is 1. The lowest BCUT2D eigenvalue weighted by Crippen LogP contribution is -2.46.